The summed E-state index contributed by atoms with van der Waals surface area (Å²) in [5.41, 5.74) is 3.56. The maximum Gasteiger partial charge on any atom is 0.333 e. The molecule has 3 aromatic rings. The second kappa shape index (κ2) is 13.3. The van der Waals surface area contributed by atoms with E-state index in [1.807, 2.05) is 62.4 Å². The minimum absolute atomic E-state index is 0.263. The van der Waals surface area contributed by atoms with Gasteiger partial charge in [0, 0.05) is 0 Å². The van der Waals surface area contributed by atoms with Crippen LogP contribution < -0.4 is 9.47 Å². The first kappa shape index (κ1) is 28.9. The molecule has 0 aliphatic carbocycles. The Kier molecular flexibility index (Phi) is 9.83. The van der Waals surface area contributed by atoms with Crippen molar-refractivity contribution in [1.29, 1.82) is 0 Å². The fourth-order valence-corrected chi connectivity index (χ4v) is 5.93. The van der Waals surface area contributed by atoms with E-state index in [2.05, 4.69) is 15.9 Å². The third kappa shape index (κ3) is 6.72. The van der Waals surface area contributed by atoms with Gasteiger partial charge in [0.25, 0.3) is 5.91 Å². The maximum atomic E-state index is 13.6. The number of aryl methyl sites for hydroxylation is 1. The molecule has 0 aromatic heterocycles. The molecule has 1 amide bonds. The van der Waals surface area contributed by atoms with Crippen LogP contribution in [0.4, 0.5) is 0 Å². The summed E-state index contributed by atoms with van der Waals surface area (Å²) in [6.07, 6.45) is 2.41. The monoisotopic (exact) mass is 625 g/mol. The predicted octanol–water partition coefficient (Wildman–Crippen LogP) is 7.24. The van der Waals surface area contributed by atoms with E-state index in [0.717, 1.165) is 22.9 Å². The fraction of sp³-hybridized carbons (Fsp3) is 0.233. The lowest BCUT2D eigenvalue weighted by atomic mass is 10.1. The molecule has 1 aliphatic heterocycles. The van der Waals surface area contributed by atoms with E-state index in [0.29, 0.717) is 45.0 Å². The van der Waals surface area contributed by atoms with Crippen molar-refractivity contribution in [2.45, 2.75) is 32.9 Å². The number of carbonyl (C=O) groups excluding carboxylic acids is 2. The number of hydrogen-bond donors (Lipinski definition) is 0. The predicted molar refractivity (Wildman–Crippen MR) is 162 cm³/mol. The highest BCUT2D eigenvalue weighted by Crippen LogP contribution is 2.41. The first-order valence-corrected chi connectivity index (χ1v) is 14.4. The highest BCUT2D eigenvalue weighted by Gasteiger charge is 2.42. The van der Waals surface area contributed by atoms with Crippen LogP contribution in [0.1, 0.15) is 41.6 Å². The normalized spacial score (nSPS) is 15.0. The van der Waals surface area contributed by atoms with Crippen LogP contribution in [0.5, 0.6) is 11.5 Å². The topological polar surface area (TPSA) is 65.1 Å². The number of thiocarbonyl (C=S) groups is 1. The second-order valence-electron chi connectivity index (χ2n) is 8.78. The van der Waals surface area contributed by atoms with Crippen LogP contribution in [0.15, 0.2) is 76.1 Å². The maximum absolute atomic E-state index is 13.6. The van der Waals surface area contributed by atoms with Crippen molar-refractivity contribution in [2.75, 3.05) is 13.7 Å². The smallest absolute Gasteiger partial charge is 0.333 e. The number of thioether (sulfide) groups is 1. The quantitative estimate of drug-likeness (QED) is 0.134. The van der Waals surface area contributed by atoms with Gasteiger partial charge < -0.3 is 14.2 Å². The summed E-state index contributed by atoms with van der Waals surface area (Å²) in [6, 6.07) is 19.8. The van der Waals surface area contributed by atoms with Gasteiger partial charge in [0.05, 0.1) is 23.1 Å². The molecular formula is C30H28BrNO5S2. The Morgan fingerprint density at radius 3 is 2.54 bits per heavy atom. The lowest BCUT2D eigenvalue weighted by Gasteiger charge is -2.25. The minimum Gasteiger partial charge on any atom is -0.493 e. The molecule has 4 rings (SSSR count). The highest BCUT2D eigenvalue weighted by molar-refractivity contribution is 9.10. The molecule has 3 aromatic carbocycles. The summed E-state index contributed by atoms with van der Waals surface area (Å²) >= 11 is 10.3. The molecule has 0 saturated carbocycles. The van der Waals surface area contributed by atoms with Crippen molar-refractivity contribution in [3.05, 3.63) is 98.4 Å². The zero-order valence-corrected chi connectivity index (χ0v) is 25.0. The van der Waals surface area contributed by atoms with Crippen molar-refractivity contribution in [3.8, 4) is 11.5 Å². The molecule has 9 heteroatoms. The summed E-state index contributed by atoms with van der Waals surface area (Å²) in [7, 11) is 1.57. The third-order valence-corrected chi connectivity index (χ3v) is 7.97. The summed E-state index contributed by atoms with van der Waals surface area (Å²) in [5.74, 6) is 0.209. The highest BCUT2D eigenvalue weighted by atomic mass is 79.9. The first-order chi connectivity index (χ1) is 18.8. The fourth-order valence-electron chi connectivity index (χ4n) is 4.05. The standard InChI is InChI=1S/C30H28BrNO5S2/c1-4-14-36-29(34)26(21-11-6-5-7-12-21)32-28(33)25(39-30(32)38)17-20-15-23(31)27(24(16-20)35-3)37-18-22-13-9-8-10-19(22)2/h5-13,15-17,26H,4,14,18H2,1-3H3/b25-17-. The Hall–Kier alpha value is -3.14. The first-order valence-electron chi connectivity index (χ1n) is 12.4. The van der Waals surface area contributed by atoms with Gasteiger partial charge in [-0.05, 0) is 69.7 Å². The number of carbonyl (C=O) groups is 2. The molecule has 1 aliphatic rings. The van der Waals surface area contributed by atoms with Crippen molar-refractivity contribution < 1.29 is 23.8 Å². The average Bonchev–Trinajstić information content (AvgIpc) is 3.20. The van der Waals surface area contributed by atoms with Gasteiger partial charge >= 0.3 is 5.97 Å². The minimum atomic E-state index is -0.963. The second-order valence-corrected chi connectivity index (χ2v) is 11.3. The van der Waals surface area contributed by atoms with Crippen LogP contribution in [0.25, 0.3) is 6.08 Å². The van der Waals surface area contributed by atoms with Crippen molar-refractivity contribution in [2.24, 2.45) is 0 Å². The summed E-state index contributed by atoms with van der Waals surface area (Å²) in [5, 5.41) is 0. The van der Waals surface area contributed by atoms with E-state index < -0.39 is 12.0 Å². The molecule has 1 unspecified atom stereocenters. The largest absolute Gasteiger partial charge is 0.493 e. The molecule has 0 bridgehead atoms. The molecule has 1 fully saturated rings. The molecule has 0 radical (unpaired) electrons. The van der Waals surface area contributed by atoms with Gasteiger partial charge in [-0.2, -0.15) is 0 Å². The lowest BCUT2D eigenvalue weighted by Crippen LogP contribution is -2.38. The number of amides is 1. The number of rotatable bonds is 10. The molecule has 202 valence electrons. The zero-order valence-electron chi connectivity index (χ0n) is 21.8. The van der Waals surface area contributed by atoms with Crippen LogP contribution in [0.2, 0.25) is 0 Å². The molecule has 0 N–H and O–H groups in total. The molecule has 39 heavy (non-hydrogen) atoms. The van der Waals surface area contributed by atoms with Crippen LogP contribution >= 0.6 is 39.9 Å². The van der Waals surface area contributed by atoms with Gasteiger partial charge in [-0.3, -0.25) is 9.69 Å². The summed E-state index contributed by atoms with van der Waals surface area (Å²) < 4.78 is 18.1. The van der Waals surface area contributed by atoms with Crippen molar-refractivity contribution in [1.82, 2.24) is 4.90 Å². The Morgan fingerprint density at radius 2 is 1.85 bits per heavy atom. The molecule has 6 nitrogen and oxygen atoms in total. The van der Waals surface area contributed by atoms with Gasteiger partial charge in [-0.1, -0.05) is 85.5 Å². The van der Waals surface area contributed by atoms with E-state index in [9.17, 15) is 9.59 Å². The van der Waals surface area contributed by atoms with E-state index in [1.165, 1.54) is 4.90 Å². The van der Waals surface area contributed by atoms with Crippen molar-refractivity contribution >= 4 is 62.2 Å². The Balaban J connectivity index is 1.61. The third-order valence-electron chi connectivity index (χ3n) is 6.05. The van der Waals surface area contributed by atoms with Gasteiger partial charge in [0.15, 0.2) is 17.5 Å². The van der Waals surface area contributed by atoms with Gasteiger partial charge in [0.1, 0.15) is 10.9 Å². The Bertz CT molecular complexity index is 1410. The number of hydrogen-bond acceptors (Lipinski definition) is 7. The molecular weight excluding hydrogens is 598 g/mol. The number of methoxy groups -OCH3 is 1. The van der Waals surface area contributed by atoms with Crippen LogP contribution in [0, 0.1) is 6.92 Å². The number of nitrogens with zero attached hydrogens (tertiary/aromatic N) is 1. The summed E-state index contributed by atoms with van der Waals surface area (Å²) in [4.78, 5) is 28.4. The van der Waals surface area contributed by atoms with Crippen LogP contribution in [-0.4, -0.2) is 34.8 Å². The van der Waals surface area contributed by atoms with E-state index in [-0.39, 0.29) is 16.8 Å². The van der Waals surface area contributed by atoms with Crippen LogP contribution in [-0.2, 0) is 20.9 Å². The van der Waals surface area contributed by atoms with Crippen molar-refractivity contribution in [3.63, 3.8) is 0 Å². The summed E-state index contributed by atoms with van der Waals surface area (Å²) in [6.45, 7) is 4.60. The van der Waals surface area contributed by atoms with Gasteiger partial charge in [-0.15, -0.1) is 0 Å². The number of esters is 1. The molecule has 1 saturated heterocycles. The number of ether oxygens (including phenoxy) is 3. The zero-order chi connectivity index (χ0) is 27.9. The lowest BCUT2D eigenvalue weighted by molar-refractivity contribution is -0.151. The van der Waals surface area contributed by atoms with E-state index in [1.54, 1.807) is 31.4 Å². The Labute approximate surface area is 246 Å². The van der Waals surface area contributed by atoms with Gasteiger partial charge in [0.2, 0.25) is 0 Å². The van der Waals surface area contributed by atoms with Crippen LogP contribution in [0.3, 0.4) is 0 Å². The van der Waals surface area contributed by atoms with E-state index >= 15 is 0 Å². The SMILES string of the molecule is CCCOC(=O)C(c1ccccc1)N1C(=O)/C(=C/c2cc(Br)c(OCc3ccccc3C)c(OC)c2)SC1=S. The van der Waals surface area contributed by atoms with E-state index in [4.69, 9.17) is 26.4 Å². The molecule has 0 spiro atoms. The molecule has 1 atom stereocenters. The van der Waals surface area contributed by atoms with Gasteiger partial charge in [-0.25, -0.2) is 4.79 Å². The average molecular weight is 627 g/mol. The number of benzene rings is 3. The Morgan fingerprint density at radius 1 is 1.13 bits per heavy atom. The molecule has 1 heterocycles. The number of halogens is 1.